The fraction of sp³-hybridized carbons (Fsp3) is 0.500. The normalized spacial score (nSPS) is 15.7. The first-order valence-corrected chi connectivity index (χ1v) is 7.64. The molecule has 1 unspecified atom stereocenters. The van der Waals surface area contributed by atoms with Crippen molar-refractivity contribution in [2.24, 2.45) is 4.99 Å². The zero-order valence-corrected chi connectivity index (χ0v) is 14.9. The molecule has 3 nitrogen and oxygen atoms in total. The van der Waals surface area contributed by atoms with Gasteiger partial charge in [0.15, 0.2) is 5.96 Å². The first-order chi connectivity index (χ1) is 8.76. The van der Waals surface area contributed by atoms with Crippen LogP contribution in [0.2, 0.25) is 0 Å². The standard InChI is InChI=1S/C14H21N3S.HI/c1-11(18-3)10-16-14(15-2)17-9-8-12-6-4-5-7-13(12)17;/h4-7,11H,8-10H2,1-3H3,(H,15,16);1H. The Morgan fingerprint density at radius 2 is 2.21 bits per heavy atom. The highest BCUT2D eigenvalue weighted by Crippen LogP contribution is 2.27. The molecule has 1 heterocycles. The molecule has 0 radical (unpaired) electrons. The van der Waals surface area contributed by atoms with Crippen LogP contribution in [0.3, 0.4) is 0 Å². The molecular formula is C14H22IN3S. The molecule has 1 aliphatic heterocycles. The number of hydrogen-bond donors (Lipinski definition) is 1. The van der Waals surface area contributed by atoms with Crippen LogP contribution in [0.15, 0.2) is 29.3 Å². The number of rotatable bonds is 3. The van der Waals surface area contributed by atoms with Gasteiger partial charge in [-0.3, -0.25) is 4.99 Å². The SMILES string of the molecule is CN=C(NCC(C)SC)N1CCc2ccccc21.I. The summed E-state index contributed by atoms with van der Waals surface area (Å²) in [5, 5.41) is 4.05. The highest BCUT2D eigenvalue weighted by Gasteiger charge is 2.22. The summed E-state index contributed by atoms with van der Waals surface area (Å²) in [6.45, 7) is 4.20. The van der Waals surface area contributed by atoms with Gasteiger partial charge in [0.2, 0.25) is 0 Å². The van der Waals surface area contributed by atoms with E-state index in [1.807, 2.05) is 18.8 Å². The largest absolute Gasteiger partial charge is 0.355 e. The van der Waals surface area contributed by atoms with Crippen LogP contribution < -0.4 is 10.2 Å². The lowest BCUT2D eigenvalue weighted by Gasteiger charge is -2.23. The van der Waals surface area contributed by atoms with Crippen LogP contribution in [0.5, 0.6) is 0 Å². The van der Waals surface area contributed by atoms with Crippen LogP contribution in [0.4, 0.5) is 5.69 Å². The first-order valence-electron chi connectivity index (χ1n) is 6.35. The van der Waals surface area contributed by atoms with Gasteiger partial charge in [0, 0.05) is 31.1 Å². The summed E-state index contributed by atoms with van der Waals surface area (Å²) in [6.07, 6.45) is 3.25. The van der Waals surface area contributed by atoms with Crippen LogP contribution >= 0.6 is 35.7 Å². The van der Waals surface area contributed by atoms with Gasteiger partial charge >= 0.3 is 0 Å². The number of aliphatic imine (C=N–C) groups is 1. The van der Waals surface area contributed by atoms with Crippen molar-refractivity contribution >= 4 is 47.4 Å². The average molecular weight is 391 g/mol. The Morgan fingerprint density at radius 3 is 2.89 bits per heavy atom. The van der Waals surface area contributed by atoms with Gasteiger partial charge in [0.05, 0.1) is 0 Å². The van der Waals surface area contributed by atoms with Crippen molar-refractivity contribution in [2.45, 2.75) is 18.6 Å². The Balaban J connectivity index is 0.00000180. The molecular weight excluding hydrogens is 369 g/mol. The first kappa shape index (κ1) is 16.6. The van der Waals surface area contributed by atoms with Crippen LogP contribution in [0.25, 0.3) is 0 Å². The second-order valence-electron chi connectivity index (χ2n) is 4.50. The number of para-hydroxylation sites is 1. The number of benzene rings is 1. The average Bonchev–Trinajstić information content (AvgIpc) is 2.83. The predicted molar refractivity (Wildman–Crippen MR) is 97.2 cm³/mol. The maximum absolute atomic E-state index is 4.40. The molecule has 0 fully saturated rings. The molecule has 1 N–H and O–H groups in total. The van der Waals surface area contributed by atoms with Crippen molar-refractivity contribution in [1.29, 1.82) is 0 Å². The minimum atomic E-state index is 0. The summed E-state index contributed by atoms with van der Waals surface area (Å²) in [6, 6.07) is 8.57. The molecule has 0 spiro atoms. The number of thioether (sulfide) groups is 1. The van der Waals surface area contributed by atoms with Crippen LogP contribution in [0, 0.1) is 0 Å². The third kappa shape index (κ3) is 4.02. The molecule has 0 aromatic heterocycles. The molecule has 1 aliphatic rings. The second-order valence-corrected chi connectivity index (χ2v) is 5.78. The van der Waals surface area contributed by atoms with E-state index in [4.69, 9.17) is 0 Å². The Bertz CT molecular complexity index is 436. The van der Waals surface area contributed by atoms with E-state index in [-0.39, 0.29) is 24.0 Å². The molecule has 0 amide bonds. The Morgan fingerprint density at radius 1 is 1.47 bits per heavy atom. The monoisotopic (exact) mass is 391 g/mol. The highest BCUT2D eigenvalue weighted by atomic mass is 127. The van der Waals surface area contributed by atoms with E-state index < -0.39 is 0 Å². The maximum atomic E-state index is 4.40. The number of nitrogens with one attached hydrogen (secondary N) is 1. The summed E-state index contributed by atoms with van der Waals surface area (Å²) in [5.74, 6) is 0.987. The van der Waals surface area contributed by atoms with Crippen molar-refractivity contribution < 1.29 is 0 Å². The number of fused-ring (bicyclic) bond motifs is 1. The van der Waals surface area contributed by atoms with Crippen molar-refractivity contribution in [3.8, 4) is 0 Å². The molecule has 1 atom stereocenters. The summed E-state index contributed by atoms with van der Waals surface area (Å²) in [7, 11) is 1.85. The number of hydrogen-bond acceptors (Lipinski definition) is 2. The molecule has 0 bridgehead atoms. The summed E-state index contributed by atoms with van der Waals surface area (Å²) < 4.78 is 0. The molecule has 106 valence electrons. The minimum Gasteiger partial charge on any atom is -0.355 e. The van der Waals surface area contributed by atoms with Gasteiger partial charge in [-0.05, 0) is 24.3 Å². The fourth-order valence-electron chi connectivity index (χ4n) is 2.17. The van der Waals surface area contributed by atoms with Gasteiger partial charge < -0.3 is 10.2 Å². The zero-order chi connectivity index (χ0) is 13.0. The minimum absolute atomic E-state index is 0. The molecule has 5 heteroatoms. The topological polar surface area (TPSA) is 27.6 Å². The van der Waals surface area contributed by atoms with E-state index in [1.54, 1.807) is 0 Å². The van der Waals surface area contributed by atoms with Gasteiger partial charge in [-0.25, -0.2) is 0 Å². The lowest BCUT2D eigenvalue weighted by atomic mass is 10.2. The molecule has 19 heavy (non-hydrogen) atoms. The Kier molecular flexibility index (Phi) is 6.99. The van der Waals surface area contributed by atoms with Gasteiger partial charge in [-0.15, -0.1) is 24.0 Å². The quantitative estimate of drug-likeness (QED) is 0.488. The maximum Gasteiger partial charge on any atom is 0.198 e. The third-order valence-electron chi connectivity index (χ3n) is 3.30. The van der Waals surface area contributed by atoms with Gasteiger partial charge in [0.25, 0.3) is 0 Å². The second kappa shape index (κ2) is 7.99. The van der Waals surface area contributed by atoms with Gasteiger partial charge in [0.1, 0.15) is 0 Å². The number of anilines is 1. The molecule has 2 rings (SSSR count). The van der Waals surface area contributed by atoms with Crippen LogP contribution in [-0.4, -0.2) is 37.6 Å². The van der Waals surface area contributed by atoms with Gasteiger partial charge in [-0.1, -0.05) is 25.1 Å². The smallest absolute Gasteiger partial charge is 0.198 e. The van der Waals surface area contributed by atoms with Crippen molar-refractivity contribution in [1.82, 2.24) is 5.32 Å². The molecule has 0 saturated heterocycles. The lowest BCUT2D eigenvalue weighted by Crippen LogP contribution is -2.42. The predicted octanol–water partition coefficient (Wildman–Crippen LogP) is 2.99. The van der Waals surface area contributed by atoms with Crippen molar-refractivity contribution in [3.63, 3.8) is 0 Å². The zero-order valence-electron chi connectivity index (χ0n) is 11.7. The van der Waals surface area contributed by atoms with E-state index >= 15 is 0 Å². The molecule has 1 aromatic carbocycles. The molecule has 0 aliphatic carbocycles. The molecule has 0 saturated carbocycles. The third-order valence-corrected chi connectivity index (χ3v) is 4.28. The van der Waals surface area contributed by atoms with E-state index in [0.717, 1.165) is 25.5 Å². The Hall–Kier alpha value is -0.430. The van der Waals surface area contributed by atoms with E-state index in [9.17, 15) is 0 Å². The number of halogens is 1. The summed E-state index contributed by atoms with van der Waals surface area (Å²) in [4.78, 5) is 6.68. The fourth-order valence-corrected chi connectivity index (χ4v) is 2.42. The highest BCUT2D eigenvalue weighted by molar-refractivity contribution is 14.0. The van der Waals surface area contributed by atoms with Crippen LogP contribution in [-0.2, 0) is 6.42 Å². The van der Waals surface area contributed by atoms with E-state index in [2.05, 4.69) is 52.7 Å². The molecule has 1 aromatic rings. The van der Waals surface area contributed by atoms with Gasteiger partial charge in [-0.2, -0.15) is 11.8 Å². The lowest BCUT2D eigenvalue weighted by molar-refractivity contribution is 0.830. The van der Waals surface area contributed by atoms with E-state index in [0.29, 0.717) is 5.25 Å². The van der Waals surface area contributed by atoms with E-state index in [1.165, 1.54) is 11.3 Å². The number of guanidine groups is 1. The Labute approximate surface area is 137 Å². The van der Waals surface area contributed by atoms with Crippen molar-refractivity contribution in [3.05, 3.63) is 29.8 Å². The van der Waals surface area contributed by atoms with Crippen LogP contribution in [0.1, 0.15) is 12.5 Å². The number of nitrogens with zero attached hydrogens (tertiary/aromatic N) is 2. The van der Waals surface area contributed by atoms with Crippen molar-refractivity contribution in [2.75, 3.05) is 31.3 Å². The summed E-state index contributed by atoms with van der Waals surface area (Å²) >= 11 is 1.87. The summed E-state index contributed by atoms with van der Waals surface area (Å²) in [5.41, 5.74) is 2.71.